The van der Waals surface area contributed by atoms with Crippen molar-refractivity contribution in [2.24, 2.45) is 0 Å². The summed E-state index contributed by atoms with van der Waals surface area (Å²) < 4.78 is 10.9. The molecule has 1 unspecified atom stereocenters. The van der Waals surface area contributed by atoms with Gasteiger partial charge in [-0.3, -0.25) is 9.69 Å². The highest BCUT2D eigenvalue weighted by Gasteiger charge is 2.31. The first kappa shape index (κ1) is 10.9. The summed E-state index contributed by atoms with van der Waals surface area (Å²) in [7, 11) is 0. The van der Waals surface area contributed by atoms with Crippen molar-refractivity contribution in [3.63, 3.8) is 0 Å². The number of rotatable bonds is 2. The number of para-hydroxylation sites is 2. The Morgan fingerprint density at radius 2 is 2.06 bits per heavy atom. The Morgan fingerprint density at radius 3 is 2.83 bits per heavy atom. The molecule has 18 heavy (non-hydrogen) atoms. The lowest BCUT2D eigenvalue weighted by Gasteiger charge is -2.32. The minimum absolute atomic E-state index is 0.0508. The maximum atomic E-state index is 12.2. The van der Waals surface area contributed by atoms with E-state index >= 15 is 0 Å². The van der Waals surface area contributed by atoms with E-state index in [-0.39, 0.29) is 5.91 Å². The summed E-state index contributed by atoms with van der Waals surface area (Å²) >= 11 is 0. The summed E-state index contributed by atoms with van der Waals surface area (Å²) in [6.07, 6.45) is 1.14. The van der Waals surface area contributed by atoms with Gasteiger partial charge in [-0.1, -0.05) is 12.1 Å². The van der Waals surface area contributed by atoms with Crippen LogP contribution in [0.15, 0.2) is 47.1 Å². The van der Waals surface area contributed by atoms with Crippen molar-refractivity contribution in [3.05, 3.63) is 48.4 Å². The Morgan fingerprint density at radius 1 is 1.22 bits per heavy atom. The number of amides is 1. The Hall–Kier alpha value is -2.23. The number of hydrogen-bond acceptors (Lipinski definition) is 3. The summed E-state index contributed by atoms with van der Waals surface area (Å²) in [6, 6.07) is 11.2. The van der Waals surface area contributed by atoms with E-state index in [4.69, 9.17) is 9.15 Å². The third kappa shape index (κ3) is 1.76. The van der Waals surface area contributed by atoms with Crippen molar-refractivity contribution in [3.8, 4) is 5.75 Å². The van der Waals surface area contributed by atoms with Gasteiger partial charge in [0.1, 0.15) is 11.5 Å². The minimum atomic E-state index is -0.463. The van der Waals surface area contributed by atoms with Crippen LogP contribution in [0.2, 0.25) is 0 Å². The number of carbonyl (C=O) groups is 1. The molecule has 0 saturated heterocycles. The van der Waals surface area contributed by atoms with Crippen molar-refractivity contribution in [1.29, 1.82) is 0 Å². The molecule has 4 heteroatoms. The van der Waals surface area contributed by atoms with Gasteiger partial charge in [0.15, 0.2) is 6.10 Å². The first-order chi connectivity index (χ1) is 8.75. The maximum absolute atomic E-state index is 12.2. The monoisotopic (exact) mass is 243 g/mol. The van der Waals surface area contributed by atoms with Crippen LogP contribution in [0.25, 0.3) is 0 Å². The van der Waals surface area contributed by atoms with E-state index in [2.05, 4.69) is 0 Å². The molecule has 0 fully saturated rings. The number of furan rings is 1. The molecule has 2 aromatic rings. The van der Waals surface area contributed by atoms with Crippen LogP contribution in [0.1, 0.15) is 12.7 Å². The molecule has 2 heterocycles. The molecule has 3 rings (SSSR count). The summed E-state index contributed by atoms with van der Waals surface area (Å²) in [5.41, 5.74) is 0.789. The Labute approximate surface area is 105 Å². The van der Waals surface area contributed by atoms with Gasteiger partial charge in [0.05, 0.1) is 18.5 Å². The third-order valence-corrected chi connectivity index (χ3v) is 2.97. The van der Waals surface area contributed by atoms with Gasteiger partial charge < -0.3 is 9.15 Å². The van der Waals surface area contributed by atoms with Gasteiger partial charge in [-0.15, -0.1) is 0 Å². The van der Waals surface area contributed by atoms with Crippen LogP contribution in [-0.4, -0.2) is 12.0 Å². The molecule has 0 spiro atoms. The predicted molar refractivity (Wildman–Crippen MR) is 66.4 cm³/mol. The lowest BCUT2D eigenvalue weighted by atomic mass is 10.2. The number of carbonyl (C=O) groups excluding carboxylic acids is 1. The lowest BCUT2D eigenvalue weighted by Crippen LogP contribution is -2.43. The molecule has 1 aromatic carbocycles. The summed E-state index contributed by atoms with van der Waals surface area (Å²) in [5.74, 6) is 1.44. The highest BCUT2D eigenvalue weighted by atomic mass is 16.5. The molecule has 4 nitrogen and oxygen atoms in total. The molecule has 1 aliphatic heterocycles. The number of benzene rings is 1. The van der Waals surface area contributed by atoms with E-state index in [0.29, 0.717) is 6.54 Å². The van der Waals surface area contributed by atoms with Crippen LogP contribution in [0.4, 0.5) is 5.69 Å². The fourth-order valence-electron chi connectivity index (χ4n) is 2.08. The molecule has 1 atom stereocenters. The van der Waals surface area contributed by atoms with Crippen LogP contribution in [0, 0.1) is 0 Å². The second-order valence-electron chi connectivity index (χ2n) is 4.23. The molecular formula is C14H13NO3. The van der Waals surface area contributed by atoms with Crippen molar-refractivity contribution in [2.75, 3.05) is 4.90 Å². The van der Waals surface area contributed by atoms with Crippen molar-refractivity contribution >= 4 is 11.6 Å². The zero-order valence-electron chi connectivity index (χ0n) is 10.00. The molecule has 0 aliphatic carbocycles. The second kappa shape index (κ2) is 4.22. The highest BCUT2D eigenvalue weighted by molar-refractivity contribution is 5.99. The Kier molecular flexibility index (Phi) is 2.55. The number of nitrogens with zero attached hydrogens (tertiary/aromatic N) is 1. The number of hydrogen-bond donors (Lipinski definition) is 0. The normalized spacial score (nSPS) is 18.4. The lowest BCUT2D eigenvalue weighted by molar-refractivity contribution is -0.125. The van der Waals surface area contributed by atoms with E-state index in [9.17, 15) is 4.79 Å². The fraction of sp³-hybridized carbons (Fsp3) is 0.214. The van der Waals surface area contributed by atoms with Gasteiger partial charge in [-0.2, -0.15) is 0 Å². The van der Waals surface area contributed by atoms with Crippen LogP contribution >= 0.6 is 0 Å². The van der Waals surface area contributed by atoms with Gasteiger partial charge in [-0.05, 0) is 31.2 Å². The SMILES string of the molecule is CC1Oc2ccccc2N(Cc2ccco2)C1=O. The maximum Gasteiger partial charge on any atom is 0.268 e. The van der Waals surface area contributed by atoms with Gasteiger partial charge in [0, 0.05) is 0 Å². The van der Waals surface area contributed by atoms with Crippen molar-refractivity contribution in [1.82, 2.24) is 0 Å². The van der Waals surface area contributed by atoms with Gasteiger partial charge in [-0.25, -0.2) is 0 Å². The fourth-order valence-corrected chi connectivity index (χ4v) is 2.08. The van der Waals surface area contributed by atoms with Crippen molar-refractivity contribution in [2.45, 2.75) is 19.6 Å². The average molecular weight is 243 g/mol. The first-order valence-corrected chi connectivity index (χ1v) is 5.85. The van der Waals surface area contributed by atoms with E-state index in [0.717, 1.165) is 17.2 Å². The quantitative estimate of drug-likeness (QED) is 0.814. The third-order valence-electron chi connectivity index (χ3n) is 2.97. The molecule has 0 saturated carbocycles. The van der Waals surface area contributed by atoms with Gasteiger partial charge in [0.2, 0.25) is 0 Å². The standard InChI is InChI=1S/C14H13NO3/c1-10-14(16)15(9-11-5-4-8-17-11)12-6-2-3-7-13(12)18-10/h2-8,10H,9H2,1H3. The molecule has 1 aliphatic rings. The molecule has 0 N–H and O–H groups in total. The Balaban J connectivity index is 1.98. The van der Waals surface area contributed by atoms with Gasteiger partial charge in [0.25, 0.3) is 5.91 Å². The van der Waals surface area contributed by atoms with Crippen LogP contribution in [-0.2, 0) is 11.3 Å². The number of fused-ring (bicyclic) bond motifs is 1. The zero-order chi connectivity index (χ0) is 12.5. The van der Waals surface area contributed by atoms with Crippen molar-refractivity contribution < 1.29 is 13.9 Å². The number of anilines is 1. The Bertz CT molecular complexity index is 562. The zero-order valence-corrected chi connectivity index (χ0v) is 10.00. The average Bonchev–Trinajstić information content (AvgIpc) is 2.88. The molecule has 1 aromatic heterocycles. The first-order valence-electron chi connectivity index (χ1n) is 5.85. The van der Waals surface area contributed by atoms with Crippen LogP contribution < -0.4 is 9.64 Å². The summed E-state index contributed by atoms with van der Waals surface area (Å²) in [4.78, 5) is 13.9. The van der Waals surface area contributed by atoms with E-state index < -0.39 is 6.10 Å². The topological polar surface area (TPSA) is 42.7 Å². The molecule has 92 valence electrons. The van der Waals surface area contributed by atoms with E-state index in [1.54, 1.807) is 18.1 Å². The highest BCUT2D eigenvalue weighted by Crippen LogP contribution is 2.34. The number of ether oxygens (including phenoxy) is 1. The van der Waals surface area contributed by atoms with Crippen LogP contribution in [0.5, 0.6) is 5.75 Å². The smallest absolute Gasteiger partial charge is 0.268 e. The molecule has 0 radical (unpaired) electrons. The second-order valence-corrected chi connectivity index (χ2v) is 4.23. The largest absolute Gasteiger partial charge is 0.479 e. The van der Waals surface area contributed by atoms with E-state index in [1.807, 2.05) is 36.4 Å². The molecule has 1 amide bonds. The minimum Gasteiger partial charge on any atom is -0.479 e. The van der Waals surface area contributed by atoms with Gasteiger partial charge >= 0.3 is 0 Å². The van der Waals surface area contributed by atoms with E-state index in [1.165, 1.54) is 0 Å². The molecule has 0 bridgehead atoms. The van der Waals surface area contributed by atoms with Crippen LogP contribution in [0.3, 0.4) is 0 Å². The summed E-state index contributed by atoms with van der Waals surface area (Å²) in [5, 5.41) is 0. The molecular weight excluding hydrogens is 230 g/mol. The summed E-state index contributed by atoms with van der Waals surface area (Å²) in [6.45, 7) is 2.18. The predicted octanol–water partition coefficient (Wildman–Crippen LogP) is 2.59.